The highest BCUT2D eigenvalue weighted by atomic mass is 16.3. The Balaban J connectivity index is 1.50. The van der Waals surface area contributed by atoms with Gasteiger partial charge in [0.2, 0.25) is 5.89 Å². The molecular formula is C22H32N4O2. The molecule has 0 radical (unpaired) electrons. The molecule has 1 N–H and O–H groups in total. The van der Waals surface area contributed by atoms with Gasteiger partial charge in [-0.25, -0.2) is 4.98 Å². The molecule has 0 saturated carbocycles. The SMILES string of the molecule is CCN(CC)Cc1nc2c(C(=O)NC3CC4CCCC(C3)N4C)cccc2o1. The van der Waals surface area contributed by atoms with Crippen molar-refractivity contribution < 1.29 is 9.21 Å². The van der Waals surface area contributed by atoms with Crippen molar-refractivity contribution in [2.75, 3.05) is 20.1 Å². The topological polar surface area (TPSA) is 61.6 Å². The number of carbonyl (C=O) groups excluding carboxylic acids is 1. The van der Waals surface area contributed by atoms with Gasteiger partial charge in [-0.15, -0.1) is 0 Å². The maximum atomic E-state index is 13.1. The largest absolute Gasteiger partial charge is 0.439 e. The minimum absolute atomic E-state index is 0.0269. The van der Waals surface area contributed by atoms with Gasteiger partial charge in [0.05, 0.1) is 12.1 Å². The Morgan fingerprint density at radius 2 is 1.96 bits per heavy atom. The first-order valence-corrected chi connectivity index (χ1v) is 10.7. The summed E-state index contributed by atoms with van der Waals surface area (Å²) in [6.07, 6.45) is 5.88. The van der Waals surface area contributed by atoms with E-state index in [2.05, 4.69) is 41.0 Å². The van der Waals surface area contributed by atoms with E-state index in [0.29, 0.717) is 41.2 Å². The molecule has 2 saturated heterocycles. The number of hydrogen-bond donors (Lipinski definition) is 1. The summed E-state index contributed by atoms with van der Waals surface area (Å²) in [4.78, 5) is 22.5. The van der Waals surface area contributed by atoms with Crippen LogP contribution in [-0.4, -0.2) is 59.0 Å². The minimum Gasteiger partial charge on any atom is -0.439 e. The Kier molecular flexibility index (Phi) is 5.69. The molecule has 2 fully saturated rings. The van der Waals surface area contributed by atoms with Crippen LogP contribution >= 0.6 is 0 Å². The molecule has 2 aliphatic heterocycles. The number of fused-ring (bicyclic) bond motifs is 3. The number of piperidine rings is 2. The Morgan fingerprint density at radius 3 is 2.64 bits per heavy atom. The van der Waals surface area contributed by atoms with Crippen molar-refractivity contribution in [2.45, 2.75) is 70.6 Å². The molecule has 152 valence electrons. The fourth-order valence-electron chi connectivity index (χ4n) is 4.88. The minimum atomic E-state index is -0.0269. The number of aromatic nitrogens is 1. The lowest BCUT2D eigenvalue weighted by molar-refractivity contribution is 0.0463. The zero-order valence-electron chi connectivity index (χ0n) is 17.3. The maximum absolute atomic E-state index is 13.1. The van der Waals surface area contributed by atoms with E-state index in [9.17, 15) is 4.79 Å². The van der Waals surface area contributed by atoms with Crippen LogP contribution in [0.25, 0.3) is 11.1 Å². The molecule has 6 nitrogen and oxygen atoms in total. The molecule has 0 spiro atoms. The molecule has 6 heteroatoms. The molecule has 2 atom stereocenters. The molecular weight excluding hydrogens is 352 g/mol. The van der Waals surface area contributed by atoms with Gasteiger partial charge in [-0.2, -0.15) is 0 Å². The summed E-state index contributed by atoms with van der Waals surface area (Å²) < 4.78 is 5.92. The first kappa shape index (κ1) is 19.4. The zero-order chi connectivity index (χ0) is 19.7. The predicted molar refractivity (Wildman–Crippen MR) is 110 cm³/mol. The highest BCUT2D eigenvalue weighted by Crippen LogP contribution is 2.33. The number of para-hydroxylation sites is 1. The zero-order valence-corrected chi connectivity index (χ0v) is 17.3. The van der Waals surface area contributed by atoms with Crippen molar-refractivity contribution in [3.05, 3.63) is 29.7 Å². The normalized spacial score (nSPS) is 25.4. The molecule has 4 rings (SSSR count). The summed E-state index contributed by atoms with van der Waals surface area (Å²) >= 11 is 0. The van der Waals surface area contributed by atoms with Gasteiger partial charge < -0.3 is 14.6 Å². The number of carbonyl (C=O) groups is 1. The lowest BCUT2D eigenvalue weighted by Crippen LogP contribution is -2.55. The molecule has 2 bridgehead atoms. The Labute approximate surface area is 167 Å². The van der Waals surface area contributed by atoms with Gasteiger partial charge in [-0.05, 0) is 58.0 Å². The fourth-order valence-corrected chi connectivity index (χ4v) is 4.88. The summed E-state index contributed by atoms with van der Waals surface area (Å²) in [5.74, 6) is 0.647. The number of hydrogen-bond acceptors (Lipinski definition) is 5. The molecule has 2 aromatic rings. The van der Waals surface area contributed by atoms with Gasteiger partial charge in [0.15, 0.2) is 5.58 Å². The van der Waals surface area contributed by atoms with Crippen molar-refractivity contribution >= 4 is 17.0 Å². The van der Waals surface area contributed by atoms with Crippen LogP contribution in [0.15, 0.2) is 22.6 Å². The summed E-state index contributed by atoms with van der Waals surface area (Å²) in [6.45, 7) is 6.81. The highest BCUT2D eigenvalue weighted by molar-refractivity contribution is 6.04. The van der Waals surface area contributed by atoms with E-state index < -0.39 is 0 Å². The molecule has 28 heavy (non-hydrogen) atoms. The third kappa shape index (κ3) is 3.80. The maximum Gasteiger partial charge on any atom is 0.253 e. The highest BCUT2D eigenvalue weighted by Gasteiger charge is 2.36. The van der Waals surface area contributed by atoms with Gasteiger partial charge in [0.1, 0.15) is 5.52 Å². The van der Waals surface area contributed by atoms with E-state index in [0.717, 1.165) is 25.9 Å². The second kappa shape index (κ2) is 8.21. The van der Waals surface area contributed by atoms with Crippen LogP contribution in [0.1, 0.15) is 62.2 Å². The lowest BCUT2D eigenvalue weighted by atomic mass is 9.82. The molecule has 1 aromatic carbocycles. The summed E-state index contributed by atoms with van der Waals surface area (Å²) in [7, 11) is 2.24. The van der Waals surface area contributed by atoms with Crippen LogP contribution in [0.5, 0.6) is 0 Å². The number of nitrogens with one attached hydrogen (secondary N) is 1. The standard InChI is InChI=1S/C22H32N4O2/c1-4-26(5-2)14-20-24-21-18(10-7-11-19(21)28-20)22(27)23-15-12-16-8-6-9-17(13-15)25(16)3/h7,10-11,15-17H,4-6,8-9,12-14H2,1-3H3,(H,23,27). The third-order valence-corrected chi connectivity index (χ3v) is 6.64. The average Bonchev–Trinajstić information content (AvgIpc) is 3.09. The van der Waals surface area contributed by atoms with E-state index in [1.54, 1.807) is 0 Å². The first-order chi connectivity index (χ1) is 13.6. The Hall–Kier alpha value is -1.92. The smallest absolute Gasteiger partial charge is 0.253 e. The lowest BCUT2D eigenvalue weighted by Gasteiger charge is -2.47. The summed E-state index contributed by atoms with van der Waals surface area (Å²) in [5.41, 5.74) is 1.99. The van der Waals surface area contributed by atoms with Crippen LogP contribution in [0.3, 0.4) is 0 Å². The number of nitrogens with zero attached hydrogens (tertiary/aromatic N) is 3. The second-order valence-electron chi connectivity index (χ2n) is 8.27. The monoisotopic (exact) mass is 384 g/mol. The molecule has 1 aromatic heterocycles. The van der Waals surface area contributed by atoms with Crippen molar-refractivity contribution in [2.24, 2.45) is 0 Å². The fraction of sp³-hybridized carbons (Fsp3) is 0.636. The van der Waals surface area contributed by atoms with Gasteiger partial charge in [0, 0.05) is 18.1 Å². The van der Waals surface area contributed by atoms with Crippen LogP contribution in [0, 0.1) is 0 Å². The quantitative estimate of drug-likeness (QED) is 0.827. The van der Waals surface area contributed by atoms with Crippen molar-refractivity contribution in [3.63, 3.8) is 0 Å². The average molecular weight is 385 g/mol. The molecule has 3 heterocycles. The number of rotatable bonds is 6. The van der Waals surface area contributed by atoms with Gasteiger partial charge in [-0.3, -0.25) is 9.69 Å². The van der Waals surface area contributed by atoms with Gasteiger partial charge in [-0.1, -0.05) is 26.3 Å². The summed E-state index contributed by atoms with van der Waals surface area (Å²) in [5, 5.41) is 3.29. The van der Waals surface area contributed by atoms with E-state index in [1.807, 2.05) is 18.2 Å². The van der Waals surface area contributed by atoms with Crippen LogP contribution < -0.4 is 5.32 Å². The van der Waals surface area contributed by atoms with Crippen molar-refractivity contribution in [3.8, 4) is 0 Å². The number of amides is 1. The van der Waals surface area contributed by atoms with Crippen LogP contribution in [0.4, 0.5) is 0 Å². The predicted octanol–water partition coefficient (Wildman–Crippen LogP) is 3.41. The van der Waals surface area contributed by atoms with Crippen LogP contribution in [-0.2, 0) is 6.54 Å². The van der Waals surface area contributed by atoms with E-state index in [1.165, 1.54) is 19.3 Å². The van der Waals surface area contributed by atoms with Gasteiger partial charge in [0.25, 0.3) is 5.91 Å². The molecule has 0 aliphatic carbocycles. The van der Waals surface area contributed by atoms with Gasteiger partial charge >= 0.3 is 0 Å². The summed E-state index contributed by atoms with van der Waals surface area (Å²) in [6, 6.07) is 7.08. The van der Waals surface area contributed by atoms with Crippen molar-refractivity contribution in [1.82, 2.24) is 20.1 Å². The van der Waals surface area contributed by atoms with E-state index >= 15 is 0 Å². The van der Waals surface area contributed by atoms with Crippen LogP contribution in [0.2, 0.25) is 0 Å². The third-order valence-electron chi connectivity index (χ3n) is 6.64. The molecule has 2 unspecified atom stereocenters. The Bertz CT molecular complexity index is 815. The Morgan fingerprint density at radius 1 is 1.25 bits per heavy atom. The first-order valence-electron chi connectivity index (χ1n) is 10.7. The molecule has 1 amide bonds. The number of oxazole rings is 1. The second-order valence-corrected chi connectivity index (χ2v) is 8.27. The number of benzene rings is 1. The van der Waals surface area contributed by atoms with E-state index in [-0.39, 0.29) is 11.9 Å². The van der Waals surface area contributed by atoms with Crippen molar-refractivity contribution in [1.29, 1.82) is 0 Å². The molecule has 2 aliphatic rings. The van der Waals surface area contributed by atoms with E-state index in [4.69, 9.17) is 4.42 Å².